The Labute approximate surface area is 145 Å². The lowest BCUT2D eigenvalue weighted by molar-refractivity contribution is -0.138. The van der Waals surface area contributed by atoms with Crippen LogP contribution in [0.1, 0.15) is 43.0 Å². The zero-order chi connectivity index (χ0) is 17.3. The van der Waals surface area contributed by atoms with Gasteiger partial charge < -0.3 is 14.8 Å². The minimum atomic E-state index is -0.396. The van der Waals surface area contributed by atoms with Gasteiger partial charge in [-0.1, -0.05) is 11.6 Å². The molecule has 1 aromatic rings. The lowest BCUT2D eigenvalue weighted by Gasteiger charge is -2.48. The van der Waals surface area contributed by atoms with Crippen LogP contribution in [0.5, 0.6) is 0 Å². The molecule has 0 unspecified atom stereocenters. The van der Waals surface area contributed by atoms with Gasteiger partial charge in [0.15, 0.2) is 0 Å². The molecule has 0 aromatic carbocycles. The number of nitrogens with zero attached hydrogens (tertiary/aromatic N) is 2. The van der Waals surface area contributed by atoms with Gasteiger partial charge in [-0.05, 0) is 32.3 Å². The third kappa shape index (κ3) is 3.20. The van der Waals surface area contributed by atoms with E-state index in [2.05, 4.69) is 4.98 Å². The number of likely N-dealkylation sites (tertiary alicyclic amines) is 2. The average molecular weight is 352 g/mol. The summed E-state index contributed by atoms with van der Waals surface area (Å²) in [7, 11) is 0. The molecule has 3 rings (SSSR count). The van der Waals surface area contributed by atoms with Crippen molar-refractivity contribution in [1.82, 2.24) is 14.8 Å². The number of rotatable bonds is 2. The molecule has 1 aromatic heterocycles. The molecule has 2 aliphatic rings. The Morgan fingerprint density at radius 3 is 2.83 bits per heavy atom. The molecule has 0 radical (unpaired) electrons. The van der Waals surface area contributed by atoms with Crippen LogP contribution < -0.4 is 5.56 Å². The minimum absolute atomic E-state index is 0.0101. The van der Waals surface area contributed by atoms with Gasteiger partial charge in [0.05, 0.1) is 5.56 Å². The van der Waals surface area contributed by atoms with Gasteiger partial charge in [0.2, 0.25) is 5.91 Å². The molecule has 0 saturated carbocycles. The monoisotopic (exact) mass is 351 g/mol. The molecule has 1 N–H and O–H groups in total. The van der Waals surface area contributed by atoms with Crippen LogP contribution in [0.2, 0.25) is 5.02 Å². The highest BCUT2D eigenvalue weighted by Crippen LogP contribution is 2.39. The van der Waals surface area contributed by atoms with Gasteiger partial charge in [-0.15, -0.1) is 0 Å². The zero-order valence-electron chi connectivity index (χ0n) is 13.8. The molecule has 7 heteroatoms. The number of hydrogen-bond donors (Lipinski definition) is 1. The summed E-state index contributed by atoms with van der Waals surface area (Å²) in [4.78, 5) is 42.3. The van der Waals surface area contributed by atoms with Crippen LogP contribution in [0, 0.1) is 5.41 Å². The van der Waals surface area contributed by atoms with E-state index in [0.717, 1.165) is 25.8 Å². The van der Waals surface area contributed by atoms with E-state index >= 15 is 0 Å². The van der Waals surface area contributed by atoms with Crippen molar-refractivity contribution in [2.75, 3.05) is 26.2 Å². The Hall–Kier alpha value is -1.82. The maximum Gasteiger partial charge on any atom is 0.266 e. The summed E-state index contributed by atoms with van der Waals surface area (Å²) < 4.78 is 0. The third-order valence-corrected chi connectivity index (χ3v) is 5.46. The van der Waals surface area contributed by atoms with Crippen molar-refractivity contribution in [3.8, 4) is 0 Å². The fourth-order valence-corrected chi connectivity index (χ4v) is 4.04. The molecular weight excluding hydrogens is 330 g/mol. The first-order valence-corrected chi connectivity index (χ1v) is 8.77. The third-order valence-electron chi connectivity index (χ3n) is 5.18. The molecule has 130 valence electrons. The van der Waals surface area contributed by atoms with Gasteiger partial charge in [-0.25, -0.2) is 0 Å². The number of piperidine rings is 2. The largest absolute Gasteiger partial charge is 0.342 e. The van der Waals surface area contributed by atoms with E-state index in [1.807, 2.05) is 16.7 Å². The van der Waals surface area contributed by atoms with E-state index < -0.39 is 5.56 Å². The quantitative estimate of drug-likeness (QED) is 0.884. The number of halogens is 1. The molecule has 0 bridgehead atoms. The van der Waals surface area contributed by atoms with Crippen molar-refractivity contribution in [2.24, 2.45) is 5.41 Å². The van der Waals surface area contributed by atoms with Crippen LogP contribution in [0.4, 0.5) is 0 Å². The summed E-state index contributed by atoms with van der Waals surface area (Å²) in [5.41, 5.74) is -0.00678. The highest BCUT2D eigenvalue weighted by molar-refractivity contribution is 6.30. The number of amides is 2. The van der Waals surface area contributed by atoms with Gasteiger partial charge in [0.25, 0.3) is 11.5 Å². The van der Waals surface area contributed by atoms with Crippen LogP contribution in [0.15, 0.2) is 17.1 Å². The Morgan fingerprint density at radius 2 is 2.12 bits per heavy atom. The van der Waals surface area contributed by atoms with Gasteiger partial charge in [-0.2, -0.15) is 0 Å². The standard InChI is InChI=1S/C17H22ClN3O3/c1-2-20-10-17(6-4-14(20)22)5-3-7-21(11-17)16(24)12-8-13(18)15(23)19-9-12/h8-9H,2-7,10-11H2,1H3,(H,19,23)/t17-/m1/s1. The first-order chi connectivity index (χ1) is 11.4. The molecule has 24 heavy (non-hydrogen) atoms. The maximum absolute atomic E-state index is 12.8. The molecule has 2 amide bonds. The van der Waals surface area contributed by atoms with E-state index in [1.54, 1.807) is 0 Å². The SMILES string of the molecule is CCN1C[C@@]2(CCCN(C(=O)c3c[nH]c(=O)c(Cl)c3)C2)CCC1=O. The van der Waals surface area contributed by atoms with E-state index in [0.29, 0.717) is 31.6 Å². The lowest BCUT2D eigenvalue weighted by Crippen LogP contribution is -2.55. The van der Waals surface area contributed by atoms with Gasteiger partial charge >= 0.3 is 0 Å². The predicted octanol–water partition coefficient (Wildman–Crippen LogP) is 1.89. The molecule has 2 saturated heterocycles. The normalized spacial score (nSPS) is 24.5. The number of aromatic nitrogens is 1. The van der Waals surface area contributed by atoms with Crippen molar-refractivity contribution in [1.29, 1.82) is 0 Å². The molecule has 1 atom stereocenters. The number of hydrogen-bond acceptors (Lipinski definition) is 3. The topological polar surface area (TPSA) is 73.5 Å². The first kappa shape index (κ1) is 17.0. The number of carbonyl (C=O) groups is 2. The second-order valence-corrected chi connectivity index (χ2v) is 7.21. The maximum atomic E-state index is 12.8. The summed E-state index contributed by atoms with van der Waals surface area (Å²) in [6.45, 7) is 4.76. The number of pyridine rings is 1. The summed E-state index contributed by atoms with van der Waals surface area (Å²) in [6, 6.07) is 1.42. The van der Waals surface area contributed by atoms with Crippen LogP contribution in [-0.2, 0) is 4.79 Å². The van der Waals surface area contributed by atoms with Crippen molar-refractivity contribution >= 4 is 23.4 Å². The summed E-state index contributed by atoms with van der Waals surface area (Å²) in [5.74, 6) is 0.0890. The van der Waals surface area contributed by atoms with E-state index in [1.165, 1.54) is 12.3 Å². The highest BCUT2D eigenvalue weighted by Gasteiger charge is 2.42. The molecule has 1 spiro atoms. The molecule has 6 nitrogen and oxygen atoms in total. The Morgan fingerprint density at radius 1 is 1.33 bits per heavy atom. The summed E-state index contributed by atoms with van der Waals surface area (Å²) in [6.07, 6.45) is 4.76. The Bertz CT molecular complexity index is 717. The minimum Gasteiger partial charge on any atom is -0.342 e. The smallest absolute Gasteiger partial charge is 0.266 e. The molecule has 2 fully saturated rings. The predicted molar refractivity (Wildman–Crippen MR) is 91.1 cm³/mol. The zero-order valence-corrected chi connectivity index (χ0v) is 14.6. The van der Waals surface area contributed by atoms with Crippen molar-refractivity contribution < 1.29 is 9.59 Å². The number of nitrogens with one attached hydrogen (secondary N) is 1. The van der Waals surface area contributed by atoms with Gasteiger partial charge in [0, 0.05) is 44.2 Å². The summed E-state index contributed by atoms with van der Waals surface area (Å²) >= 11 is 5.83. The Balaban J connectivity index is 1.77. The van der Waals surface area contributed by atoms with Gasteiger partial charge in [0.1, 0.15) is 5.02 Å². The average Bonchev–Trinajstić information content (AvgIpc) is 2.59. The molecule has 2 aliphatic heterocycles. The van der Waals surface area contributed by atoms with Crippen LogP contribution >= 0.6 is 11.6 Å². The van der Waals surface area contributed by atoms with Crippen LogP contribution in [0.3, 0.4) is 0 Å². The molecular formula is C17H22ClN3O3. The second kappa shape index (κ2) is 6.59. The van der Waals surface area contributed by atoms with Crippen LogP contribution in [-0.4, -0.2) is 52.8 Å². The lowest BCUT2D eigenvalue weighted by atomic mass is 9.73. The molecule has 0 aliphatic carbocycles. The van der Waals surface area contributed by atoms with Gasteiger partial charge in [-0.3, -0.25) is 14.4 Å². The van der Waals surface area contributed by atoms with Crippen molar-refractivity contribution in [3.63, 3.8) is 0 Å². The fraction of sp³-hybridized carbons (Fsp3) is 0.588. The fourth-order valence-electron chi connectivity index (χ4n) is 3.87. The second-order valence-electron chi connectivity index (χ2n) is 6.80. The number of aromatic amines is 1. The number of carbonyl (C=O) groups excluding carboxylic acids is 2. The van der Waals surface area contributed by atoms with E-state index in [9.17, 15) is 14.4 Å². The summed E-state index contributed by atoms with van der Waals surface area (Å²) in [5, 5.41) is 0.0213. The van der Waals surface area contributed by atoms with Crippen LogP contribution in [0.25, 0.3) is 0 Å². The van der Waals surface area contributed by atoms with Crippen molar-refractivity contribution in [2.45, 2.75) is 32.6 Å². The molecule has 3 heterocycles. The van der Waals surface area contributed by atoms with E-state index in [-0.39, 0.29) is 22.3 Å². The van der Waals surface area contributed by atoms with E-state index in [4.69, 9.17) is 11.6 Å². The number of H-pyrrole nitrogens is 1. The highest BCUT2D eigenvalue weighted by atomic mass is 35.5. The Kier molecular flexibility index (Phi) is 4.67. The first-order valence-electron chi connectivity index (χ1n) is 8.39. The van der Waals surface area contributed by atoms with Crippen molar-refractivity contribution in [3.05, 3.63) is 33.2 Å².